The molecule has 0 bridgehead atoms. The van der Waals surface area contributed by atoms with Crippen molar-refractivity contribution in [2.45, 2.75) is 33.1 Å². The van der Waals surface area contributed by atoms with Crippen LogP contribution in [0.4, 0.5) is 5.69 Å². The summed E-state index contributed by atoms with van der Waals surface area (Å²) in [5, 5.41) is 7.96. The van der Waals surface area contributed by atoms with Crippen molar-refractivity contribution in [3.63, 3.8) is 0 Å². The van der Waals surface area contributed by atoms with Gasteiger partial charge in [-0.15, -0.1) is 0 Å². The zero-order valence-corrected chi connectivity index (χ0v) is 12.2. The Balaban J connectivity index is 1.97. The summed E-state index contributed by atoms with van der Waals surface area (Å²) in [6.07, 6.45) is 7.30. The lowest BCUT2D eigenvalue weighted by Crippen LogP contribution is -2.19. The van der Waals surface area contributed by atoms with Crippen molar-refractivity contribution in [3.8, 4) is 0 Å². The first-order chi connectivity index (χ1) is 9.19. The summed E-state index contributed by atoms with van der Waals surface area (Å²) in [6.45, 7) is 4.20. The molecule has 1 heterocycles. The van der Waals surface area contributed by atoms with Crippen molar-refractivity contribution in [3.05, 3.63) is 47.8 Å². The van der Waals surface area contributed by atoms with Crippen molar-refractivity contribution in [1.82, 2.24) is 9.78 Å². The molecule has 1 aromatic carbocycles. The van der Waals surface area contributed by atoms with Gasteiger partial charge in [-0.1, -0.05) is 25.5 Å². The molecule has 0 radical (unpaired) electrons. The van der Waals surface area contributed by atoms with Crippen molar-refractivity contribution in [2.24, 2.45) is 0 Å². The Kier molecular flexibility index (Phi) is 4.68. The first-order valence-electron chi connectivity index (χ1n) is 6.60. The van der Waals surface area contributed by atoms with Gasteiger partial charge in [0.2, 0.25) is 0 Å². The van der Waals surface area contributed by atoms with E-state index >= 15 is 0 Å². The Morgan fingerprint density at radius 1 is 1.32 bits per heavy atom. The third kappa shape index (κ3) is 3.89. The van der Waals surface area contributed by atoms with Crippen LogP contribution in [-0.2, 0) is 6.42 Å². The van der Waals surface area contributed by atoms with E-state index in [0.717, 1.165) is 17.7 Å². The predicted molar refractivity (Wildman–Crippen MR) is 83.6 cm³/mol. The van der Waals surface area contributed by atoms with Crippen LogP contribution in [0.1, 0.15) is 30.9 Å². The maximum atomic E-state index is 5.31. The van der Waals surface area contributed by atoms with E-state index in [0.29, 0.717) is 5.11 Å². The minimum absolute atomic E-state index is 0.592. The molecule has 19 heavy (non-hydrogen) atoms. The number of aromatic nitrogens is 2. The maximum absolute atomic E-state index is 5.31. The van der Waals surface area contributed by atoms with Gasteiger partial charge in [-0.3, -0.25) is 0 Å². The number of nitrogens with zero attached hydrogens (tertiary/aromatic N) is 2. The molecule has 0 aliphatic carbocycles. The molecular formula is C15H19N3S. The van der Waals surface area contributed by atoms with Crippen LogP contribution in [-0.4, -0.2) is 14.9 Å². The lowest BCUT2D eigenvalue weighted by molar-refractivity contribution is 0.795. The zero-order valence-electron chi connectivity index (χ0n) is 11.4. The molecule has 4 heteroatoms. The highest BCUT2D eigenvalue weighted by molar-refractivity contribution is 7.80. The van der Waals surface area contributed by atoms with Crippen LogP contribution in [0, 0.1) is 6.92 Å². The number of anilines is 1. The Labute approximate surface area is 119 Å². The van der Waals surface area contributed by atoms with E-state index in [2.05, 4.69) is 41.6 Å². The fourth-order valence-electron chi connectivity index (χ4n) is 1.84. The Morgan fingerprint density at radius 2 is 2.05 bits per heavy atom. The van der Waals surface area contributed by atoms with E-state index < -0.39 is 0 Å². The molecule has 0 saturated heterocycles. The third-order valence-electron chi connectivity index (χ3n) is 2.94. The monoisotopic (exact) mass is 273 g/mol. The van der Waals surface area contributed by atoms with Crippen molar-refractivity contribution < 1.29 is 0 Å². The topological polar surface area (TPSA) is 29.9 Å². The van der Waals surface area contributed by atoms with Crippen LogP contribution in [0.25, 0.3) is 0 Å². The number of thiocarbonyl (C=S) groups is 1. The molecule has 0 aliphatic rings. The standard InChI is InChI=1S/C15H19N3S/c1-3-4-5-13-6-8-14(9-7-13)17-15(19)18-11-12(2)10-16-18/h6-11H,3-5H2,1-2H3,(H,17,19). The van der Waals surface area contributed by atoms with E-state index in [1.54, 1.807) is 10.9 Å². The van der Waals surface area contributed by atoms with Crippen molar-refractivity contribution in [2.75, 3.05) is 5.32 Å². The maximum Gasteiger partial charge on any atom is 0.198 e. The number of unbranched alkanes of at least 4 members (excludes halogenated alkanes) is 1. The Hall–Kier alpha value is -1.68. The number of aryl methyl sites for hydroxylation is 2. The molecule has 0 atom stereocenters. The SMILES string of the molecule is CCCCc1ccc(NC(=S)n2cc(C)cn2)cc1. The second-order valence-corrected chi connectivity index (χ2v) is 5.08. The van der Waals surface area contributed by atoms with Gasteiger partial charge in [-0.2, -0.15) is 5.10 Å². The molecule has 100 valence electrons. The zero-order chi connectivity index (χ0) is 13.7. The van der Waals surface area contributed by atoms with Gasteiger partial charge in [0.15, 0.2) is 5.11 Å². The summed E-state index contributed by atoms with van der Waals surface area (Å²) in [7, 11) is 0. The molecule has 0 saturated carbocycles. The van der Waals surface area contributed by atoms with Gasteiger partial charge in [0, 0.05) is 11.9 Å². The number of benzene rings is 1. The minimum atomic E-state index is 0.592. The first kappa shape index (κ1) is 13.7. The molecule has 2 aromatic rings. The summed E-state index contributed by atoms with van der Waals surface area (Å²) in [6, 6.07) is 8.42. The highest BCUT2D eigenvalue weighted by atomic mass is 32.1. The number of rotatable bonds is 4. The van der Waals surface area contributed by atoms with E-state index in [1.165, 1.54) is 18.4 Å². The summed E-state index contributed by atoms with van der Waals surface area (Å²) < 4.78 is 1.68. The van der Waals surface area contributed by atoms with Gasteiger partial charge in [0.1, 0.15) is 0 Å². The van der Waals surface area contributed by atoms with Gasteiger partial charge in [0.05, 0.1) is 6.20 Å². The van der Waals surface area contributed by atoms with E-state index in [1.807, 2.05) is 13.1 Å². The van der Waals surface area contributed by atoms with Crippen molar-refractivity contribution >= 4 is 23.0 Å². The predicted octanol–water partition coefficient (Wildman–Crippen LogP) is 3.78. The van der Waals surface area contributed by atoms with Crippen LogP contribution in [0.15, 0.2) is 36.7 Å². The highest BCUT2D eigenvalue weighted by Crippen LogP contribution is 2.12. The average Bonchev–Trinajstić information content (AvgIpc) is 2.85. The molecule has 1 aromatic heterocycles. The first-order valence-corrected chi connectivity index (χ1v) is 7.01. The van der Waals surface area contributed by atoms with Gasteiger partial charge in [0.25, 0.3) is 0 Å². The molecule has 2 rings (SSSR count). The normalized spacial score (nSPS) is 10.4. The van der Waals surface area contributed by atoms with E-state index in [4.69, 9.17) is 12.2 Å². The lowest BCUT2D eigenvalue weighted by Gasteiger charge is -2.08. The fraction of sp³-hybridized carbons (Fsp3) is 0.333. The number of hydrogen-bond acceptors (Lipinski definition) is 2. The molecule has 0 fully saturated rings. The van der Waals surface area contributed by atoms with Gasteiger partial charge < -0.3 is 5.32 Å². The van der Waals surface area contributed by atoms with Crippen LogP contribution in [0.5, 0.6) is 0 Å². The molecule has 1 N–H and O–H groups in total. The second kappa shape index (κ2) is 6.48. The third-order valence-corrected chi connectivity index (χ3v) is 3.23. The molecule has 0 spiro atoms. The Bertz CT molecular complexity index is 543. The van der Waals surface area contributed by atoms with Gasteiger partial charge in [-0.05, 0) is 55.2 Å². The molecule has 0 unspecified atom stereocenters. The quantitative estimate of drug-likeness (QED) is 0.860. The summed E-state index contributed by atoms with van der Waals surface area (Å²) in [5.74, 6) is 0. The smallest absolute Gasteiger partial charge is 0.198 e. The fourth-order valence-corrected chi connectivity index (χ4v) is 2.06. The second-order valence-electron chi connectivity index (χ2n) is 4.69. The molecule has 0 aliphatic heterocycles. The number of hydrogen-bond donors (Lipinski definition) is 1. The van der Waals surface area contributed by atoms with Crippen LogP contribution in [0.3, 0.4) is 0 Å². The largest absolute Gasteiger partial charge is 0.331 e. The van der Waals surface area contributed by atoms with Crippen LogP contribution < -0.4 is 5.32 Å². The van der Waals surface area contributed by atoms with Crippen LogP contribution >= 0.6 is 12.2 Å². The highest BCUT2D eigenvalue weighted by Gasteiger charge is 2.02. The lowest BCUT2D eigenvalue weighted by atomic mass is 10.1. The van der Waals surface area contributed by atoms with Crippen LogP contribution in [0.2, 0.25) is 0 Å². The van der Waals surface area contributed by atoms with Gasteiger partial charge in [-0.25, -0.2) is 4.68 Å². The molecule has 0 amide bonds. The minimum Gasteiger partial charge on any atom is -0.331 e. The van der Waals surface area contributed by atoms with E-state index in [-0.39, 0.29) is 0 Å². The number of nitrogens with one attached hydrogen (secondary N) is 1. The van der Waals surface area contributed by atoms with E-state index in [9.17, 15) is 0 Å². The Morgan fingerprint density at radius 3 is 2.63 bits per heavy atom. The van der Waals surface area contributed by atoms with Crippen molar-refractivity contribution in [1.29, 1.82) is 0 Å². The summed E-state index contributed by atoms with van der Waals surface area (Å²) >= 11 is 5.31. The summed E-state index contributed by atoms with van der Waals surface area (Å²) in [5.41, 5.74) is 3.46. The average molecular weight is 273 g/mol. The van der Waals surface area contributed by atoms with Gasteiger partial charge >= 0.3 is 0 Å². The summed E-state index contributed by atoms with van der Waals surface area (Å²) in [4.78, 5) is 0. The molecular weight excluding hydrogens is 254 g/mol. The molecule has 3 nitrogen and oxygen atoms in total.